The highest BCUT2D eigenvalue weighted by Crippen LogP contribution is 2.14. The molecule has 5 nitrogen and oxygen atoms in total. The molecule has 0 amide bonds. The van der Waals surface area contributed by atoms with E-state index in [-0.39, 0.29) is 6.61 Å². The molecular formula is C21H38O5. The van der Waals surface area contributed by atoms with Crippen molar-refractivity contribution < 1.29 is 24.2 Å². The van der Waals surface area contributed by atoms with Crippen molar-refractivity contribution in [1.82, 2.24) is 0 Å². The number of hydrogen-bond donors (Lipinski definition) is 1. The van der Waals surface area contributed by atoms with Gasteiger partial charge < -0.3 is 14.6 Å². The van der Waals surface area contributed by atoms with E-state index in [0.717, 1.165) is 19.3 Å². The average Bonchev–Trinajstić information content (AvgIpc) is 2.57. The normalized spacial score (nSPS) is 13.0. The number of aliphatic hydroxyl groups excluding tert-OH is 1. The lowest BCUT2D eigenvalue weighted by atomic mass is 10.0. The van der Waals surface area contributed by atoms with Crippen molar-refractivity contribution >= 4 is 11.9 Å². The van der Waals surface area contributed by atoms with E-state index in [1.807, 2.05) is 6.08 Å². The molecule has 0 saturated heterocycles. The molecule has 0 aromatic rings. The Hall–Kier alpha value is -1.36. The monoisotopic (exact) mass is 370 g/mol. The number of unbranched alkanes of at least 4 members (excludes halogenated alkanes) is 9. The highest BCUT2D eigenvalue weighted by atomic mass is 16.6. The maximum absolute atomic E-state index is 11.1. The largest absolute Gasteiger partial charge is 0.462 e. The minimum Gasteiger partial charge on any atom is -0.462 e. The second-order valence-corrected chi connectivity index (χ2v) is 6.97. The number of hydrogen-bond acceptors (Lipinski definition) is 5. The topological polar surface area (TPSA) is 72.8 Å². The predicted octanol–water partition coefficient (Wildman–Crippen LogP) is 4.71. The Labute approximate surface area is 159 Å². The fraction of sp³-hybridized carbons (Fsp3) is 0.810. The van der Waals surface area contributed by atoms with Crippen LogP contribution < -0.4 is 0 Å². The molecule has 2 atom stereocenters. The molecule has 0 aliphatic rings. The number of ether oxygens (including phenoxy) is 2. The Morgan fingerprint density at radius 3 is 1.96 bits per heavy atom. The summed E-state index contributed by atoms with van der Waals surface area (Å²) in [6, 6.07) is 0. The van der Waals surface area contributed by atoms with E-state index in [0.29, 0.717) is 12.8 Å². The lowest BCUT2D eigenvalue weighted by Crippen LogP contribution is -2.28. The van der Waals surface area contributed by atoms with Crippen LogP contribution >= 0.6 is 0 Å². The van der Waals surface area contributed by atoms with Gasteiger partial charge >= 0.3 is 11.9 Å². The molecule has 0 heterocycles. The van der Waals surface area contributed by atoms with Crippen LogP contribution in [0, 0.1) is 0 Å². The van der Waals surface area contributed by atoms with Crippen LogP contribution in [0.5, 0.6) is 0 Å². The number of carbonyl (C=O) groups excluding carboxylic acids is 2. The summed E-state index contributed by atoms with van der Waals surface area (Å²) in [4.78, 5) is 22.0. The summed E-state index contributed by atoms with van der Waals surface area (Å²) >= 11 is 0. The van der Waals surface area contributed by atoms with E-state index in [2.05, 4.69) is 6.58 Å². The molecule has 0 unspecified atom stereocenters. The standard InChI is InChI=1S/C21H38O5/c1-4-5-6-7-8-9-10-11-12-13-14-15-20(24)16-21(26-19(3)23)17-25-18(2)22/h4,20-21,24H,1,5-17H2,2-3H3/t20-,21-/m1/s1. The molecule has 0 aromatic carbocycles. The Morgan fingerprint density at radius 2 is 1.46 bits per heavy atom. The van der Waals surface area contributed by atoms with Gasteiger partial charge in [-0.1, -0.05) is 57.4 Å². The van der Waals surface area contributed by atoms with Crippen LogP contribution in [0.1, 0.15) is 90.9 Å². The van der Waals surface area contributed by atoms with Gasteiger partial charge in [-0.3, -0.25) is 9.59 Å². The minimum absolute atomic E-state index is 0.00122. The van der Waals surface area contributed by atoms with Gasteiger partial charge in [0.15, 0.2) is 0 Å². The molecule has 1 N–H and O–H groups in total. The quantitative estimate of drug-likeness (QED) is 0.228. The van der Waals surface area contributed by atoms with Crippen LogP contribution in [0.3, 0.4) is 0 Å². The van der Waals surface area contributed by atoms with Crippen LogP contribution in [0.4, 0.5) is 0 Å². The minimum atomic E-state index is -0.576. The van der Waals surface area contributed by atoms with Gasteiger partial charge in [0.2, 0.25) is 0 Å². The van der Waals surface area contributed by atoms with Crippen molar-refractivity contribution in [3.8, 4) is 0 Å². The predicted molar refractivity (Wildman–Crippen MR) is 104 cm³/mol. The first-order valence-electron chi connectivity index (χ1n) is 10.0. The van der Waals surface area contributed by atoms with Gasteiger partial charge in [0.1, 0.15) is 12.7 Å². The summed E-state index contributed by atoms with van der Waals surface area (Å²) in [6.07, 6.45) is 13.9. The van der Waals surface area contributed by atoms with E-state index < -0.39 is 24.1 Å². The summed E-state index contributed by atoms with van der Waals surface area (Å²) < 4.78 is 9.98. The van der Waals surface area contributed by atoms with Crippen LogP contribution in [0.15, 0.2) is 12.7 Å². The Bertz CT molecular complexity index is 381. The van der Waals surface area contributed by atoms with Crippen LogP contribution in [-0.2, 0) is 19.1 Å². The molecule has 5 heteroatoms. The third-order valence-electron chi connectivity index (χ3n) is 4.29. The SMILES string of the molecule is C=CCCCCCCCCCCC[C@@H](O)C[C@H](COC(C)=O)OC(C)=O. The molecule has 0 radical (unpaired) electrons. The Morgan fingerprint density at radius 1 is 0.923 bits per heavy atom. The zero-order chi connectivity index (χ0) is 19.6. The fourth-order valence-electron chi connectivity index (χ4n) is 2.92. The maximum atomic E-state index is 11.1. The third-order valence-corrected chi connectivity index (χ3v) is 4.29. The Balaban J connectivity index is 3.66. The summed E-state index contributed by atoms with van der Waals surface area (Å²) in [5, 5.41) is 10.1. The summed E-state index contributed by atoms with van der Waals surface area (Å²) in [5.74, 6) is -0.851. The second kappa shape index (κ2) is 17.1. The van der Waals surface area contributed by atoms with Gasteiger partial charge in [-0.15, -0.1) is 6.58 Å². The van der Waals surface area contributed by atoms with Crippen molar-refractivity contribution in [2.75, 3.05) is 6.61 Å². The maximum Gasteiger partial charge on any atom is 0.303 e. The van der Waals surface area contributed by atoms with E-state index in [1.54, 1.807) is 0 Å². The van der Waals surface area contributed by atoms with E-state index in [9.17, 15) is 14.7 Å². The summed E-state index contributed by atoms with van der Waals surface area (Å²) in [5.41, 5.74) is 0. The molecule has 0 saturated carbocycles. The van der Waals surface area contributed by atoms with Crippen molar-refractivity contribution in [3.63, 3.8) is 0 Å². The lowest BCUT2D eigenvalue weighted by molar-refractivity contribution is -0.158. The smallest absolute Gasteiger partial charge is 0.303 e. The molecule has 26 heavy (non-hydrogen) atoms. The number of rotatable bonds is 17. The highest BCUT2D eigenvalue weighted by molar-refractivity contribution is 5.67. The van der Waals surface area contributed by atoms with Crippen LogP contribution in [0.2, 0.25) is 0 Å². The molecule has 0 bridgehead atoms. The molecule has 0 rings (SSSR count). The molecule has 0 fully saturated rings. The summed E-state index contributed by atoms with van der Waals surface area (Å²) in [7, 11) is 0. The average molecular weight is 371 g/mol. The third kappa shape index (κ3) is 17.5. The molecule has 152 valence electrons. The van der Waals surface area contributed by atoms with Crippen LogP contribution in [0.25, 0.3) is 0 Å². The van der Waals surface area contributed by atoms with Crippen molar-refractivity contribution in [3.05, 3.63) is 12.7 Å². The van der Waals surface area contributed by atoms with E-state index in [1.165, 1.54) is 58.8 Å². The zero-order valence-electron chi connectivity index (χ0n) is 16.7. The molecule has 0 aromatic heterocycles. The van der Waals surface area contributed by atoms with Gasteiger partial charge in [-0.2, -0.15) is 0 Å². The molecule has 0 spiro atoms. The number of aliphatic hydroxyl groups is 1. The first-order valence-corrected chi connectivity index (χ1v) is 10.0. The van der Waals surface area contributed by atoms with Gasteiger partial charge in [0, 0.05) is 20.3 Å². The zero-order valence-corrected chi connectivity index (χ0v) is 16.7. The van der Waals surface area contributed by atoms with E-state index >= 15 is 0 Å². The van der Waals surface area contributed by atoms with E-state index in [4.69, 9.17) is 9.47 Å². The van der Waals surface area contributed by atoms with Gasteiger partial charge in [0.25, 0.3) is 0 Å². The van der Waals surface area contributed by atoms with Crippen LogP contribution in [-0.4, -0.2) is 35.9 Å². The van der Waals surface area contributed by atoms with Crippen molar-refractivity contribution in [1.29, 1.82) is 0 Å². The number of allylic oxidation sites excluding steroid dienone is 1. The first kappa shape index (κ1) is 24.6. The van der Waals surface area contributed by atoms with Crippen molar-refractivity contribution in [2.45, 2.75) is 103 Å². The molecular weight excluding hydrogens is 332 g/mol. The van der Waals surface area contributed by atoms with Gasteiger partial charge in [-0.25, -0.2) is 0 Å². The van der Waals surface area contributed by atoms with Gasteiger partial charge in [-0.05, 0) is 19.3 Å². The van der Waals surface area contributed by atoms with Crippen molar-refractivity contribution in [2.24, 2.45) is 0 Å². The number of esters is 2. The summed E-state index contributed by atoms with van der Waals surface area (Å²) in [6.45, 7) is 6.35. The second-order valence-electron chi connectivity index (χ2n) is 6.97. The molecule has 0 aliphatic heterocycles. The fourth-order valence-corrected chi connectivity index (χ4v) is 2.92. The molecule has 0 aliphatic carbocycles. The van der Waals surface area contributed by atoms with Gasteiger partial charge in [0.05, 0.1) is 6.10 Å². The number of carbonyl (C=O) groups is 2. The highest BCUT2D eigenvalue weighted by Gasteiger charge is 2.18. The first-order chi connectivity index (χ1) is 12.5. The lowest BCUT2D eigenvalue weighted by Gasteiger charge is -2.20. The Kier molecular flexibility index (Phi) is 16.2.